The Labute approximate surface area is 165 Å². The average molecular weight is 396 g/mol. The topological polar surface area (TPSA) is 98.2 Å². The maximum atomic E-state index is 13.2. The quantitative estimate of drug-likeness (QED) is 0.535. The van der Waals surface area contributed by atoms with E-state index in [0.29, 0.717) is 33.9 Å². The Morgan fingerprint density at radius 3 is 3.00 bits per heavy atom. The third-order valence-electron chi connectivity index (χ3n) is 4.56. The maximum absolute atomic E-state index is 13.2. The van der Waals surface area contributed by atoms with Crippen molar-refractivity contribution in [2.45, 2.75) is 26.3 Å². The van der Waals surface area contributed by atoms with Gasteiger partial charge in [-0.2, -0.15) is 11.8 Å². The summed E-state index contributed by atoms with van der Waals surface area (Å²) in [4.78, 5) is 17.5. The molecule has 4 aromatic heterocycles. The van der Waals surface area contributed by atoms with Crippen LogP contribution in [0.4, 0.5) is 0 Å². The molecule has 4 heterocycles. The smallest absolute Gasteiger partial charge is 0.258 e. The standard InChI is InChI=1S/C19H20N6O2S/c1-11-10-13(16-12(2)24-27-19(16)20-11)18(26)21-14(7-9-28-3)17-23-22-15-6-4-5-8-25(15)17/h4-6,8,10,14H,7,9H2,1-3H3,(H,21,26)/t14-/m0/s1. The van der Waals surface area contributed by atoms with Gasteiger partial charge in [-0.1, -0.05) is 11.2 Å². The van der Waals surface area contributed by atoms with Crippen LogP contribution in [0.25, 0.3) is 16.7 Å². The van der Waals surface area contributed by atoms with Crippen molar-refractivity contribution in [2.24, 2.45) is 0 Å². The van der Waals surface area contributed by atoms with Crippen LogP contribution in [0, 0.1) is 13.8 Å². The molecule has 0 saturated heterocycles. The van der Waals surface area contributed by atoms with Crippen LogP contribution in [-0.2, 0) is 0 Å². The van der Waals surface area contributed by atoms with Crippen molar-refractivity contribution in [3.63, 3.8) is 0 Å². The van der Waals surface area contributed by atoms with Gasteiger partial charge in [0.25, 0.3) is 11.6 Å². The Hall–Kier alpha value is -2.94. The molecular weight excluding hydrogens is 376 g/mol. The lowest BCUT2D eigenvalue weighted by Crippen LogP contribution is -2.30. The molecule has 0 saturated carbocycles. The number of rotatable bonds is 6. The van der Waals surface area contributed by atoms with E-state index in [1.54, 1.807) is 24.8 Å². The molecule has 1 N–H and O–H groups in total. The van der Waals surface area contributed by atoms with Crippen LogP contribution in [0.3, 0.4) is 0 Å². The predicted octanol–water partition coefficient (Wildman–Crippen LogP) is 3.11. The third kappa shape index (κ3) is 3.33. The van der Waals surface area contributed by atoms with Crippen molar-refractivity contribution in [3.8, 4) is 0 Å². The number of hydrogen-bond donors (Lipinski definition) is 1. The van der Waals surface area contributed by atoms with E-state index in [0.717, 1.165) is 17.8 Å². The molecule has 0 radical (unpaired) electrons. The van der Waals surface area contributed by atoms with Crippen LogP contribution in [0.2, 0.25) is 0 Å². The van der Waals surface area contributed by atoms with Gasteiger partial charge in [0.2, 0.25) is 0 Å². The van der Waals surface area contributed by atoms with Gasteiger partial charge < -0.3 is 9.84 Å². The highest BCUT2D eigenvalue weighted by atomic mass is 32.2. The number of hydrogen-bond acceptors (Lipinski definition) is 7. The molecule has 9 heteroatoms. The third-order valence-corrected chi connectivity index (χ3v) is 5.20. The Bertz CT molecular complexity index is 1150. The number of thioether (sulfide) groups is 1. The summed E-state index contributed by atoms with van der Waals surface area (Å²) in [6, 6.07) is 7.20. The van der Waals surface area contributed by atoms with Gasteiger partial charge >= 0.3 is 0 Å². The summed E-state index contributed by atoms with van der Waals surface area (Å²) in [6.07, 6.45) is 4.68. The van der Waals surface area contributed by atoms with Gasteiger partial charge in [0, 0.05) is 11.9 Å². The van der Waals surface area contributed by atoms with Gasteiger partial charge in [-0.3, -0.25) is 9.20 Å². The minimum Gasteiger partial charge on any atom is -0.342 e. The molecule has 0 aliphatic rings. The molecule has 1 amide bonds. The van der Waals surface area contributed by atoms with E-state index in [4.69, 9.17) is 4.52 Å². The van der Waals surface area contributed by atoms with Crippen LogP contribution in [-0.4, -0.2) is 42.7 Å². The van der Waals surface area contributed by atoms with Gasteiger partial charge in [0.15, 0.2) is 11.5 Å². The number of aromatic nitrogens is 5. The number of carbonyl (C=O) groups excluding carboxylic acids is 1. The van der Waals surface area contributed by atoms with Crippen molar-refractivity contribution < 1.29 is 9.32 Å². The SMILES string of the molecule is CSCC[C@H](NC(=O)c1cc(C)nc2onc(C)c12)c1nnc2ccccn12. The normalized spacial score (nSPS) is 12.5. The number of nitrogens with one attached hydrogen (secondary N) is 1. The monoisotopic (exact) mass is 396 g/mol. The first-order valence-corrected chi connectivity index (χ1v) is 10.3. The molecule has 8 nitrogen and oxygen atoms in total. The Morgan fingerprint density at radius 2 is 2.18 bits per heavy atom. The lowest BCUT2D eigenvalue weighted by molar-refractivity contribution is 0.0935. The molecule has 144 valence electrons. The molecule has 0 aliphatic heterocycles. The zero-order valence-corrected chi connectivity index (χ0v) is 16.7. The summed E-state index contributed by atoms with van der Waals surface area (Å²) in [5.41, 5.74) is 2.96. The molecule has 0 aromatic carbocycles. The average Bonchev–Trinajstić information content (AvgIpc) is 3.28. The van der Waals surface area contributed by atoms with Crippen LogP contribution in [0.1, 0.15) is 40.0 Å². The van der Waals surface area contributed by atoms with E-state index in [-0.39, 0.29) is 11.9 Å². The maximum Gasteiger partial charge on any atom is 0.258 e. The fourth-order valence-electron chi connectivity index (χ4n) is 3.23. The van der Waals surface area contributed by atoms with Gasteiger partial charge in [-0.05, 0) is 50.5 Å². The van der Waals surface area contributed by atoms with Crippen molar-refractivity contribution in [2.75, 3.05) is 12.0 Å². The number of carbonyl (C=O) groups is 1. The van der Waals surface area contributed by atoms with Gasteiger partial charge in [0.1, 0.15) is 0 Å². The van der Waals surface area contributed by atoms with Crippen molar-refractivity contribution >= 4 is 34.4 Å². The van der Waals surface area contributed by atoms with Gasteiger partial charge in [0.05, 0.1) is 22.7 Å². The number of nitrogens with zero attached hydrogens (tertiary/aromatic N) is 5. The van der Waals surface area contributed by atoms with Gasteiger partial charge in [-0.15, -0.1) is 10.2 Å². The van der Waals surface area contributed by atoms with E-state index in [1.165, 1.54) is 0 Å². The molecule has 4 rings (SSSR count). The fraction of sp³-hybridized carbons (Fsp3) is 0.316. The van der Waals surface area contributed by atoms with E-state index < -0.39 is 0 Å². The lowest BCUT2D eigenvalue weighted by atomic mass is 10.1. The summed E-state index contributed by atoms with van der Waals surface area (Å²) < 4.78 is 7.16. The molecular formula is C19H20N6O2S. The largest absolute Gasteiger partial charge is 0.342 e. The lowest BCUT2D eigenvalue weighted by Gasteiger charge is -2.17. The van der Waals surface area contributed by atoms with Crippen molar-refractivity contribution in [1.82, 2.24) is 30.1 Å². The van der Waals surface area contributed by atoms with Crippen molar-refractivity contribution in [1.29, 1.82) is 0 Å². The number of fused-ring (bicyclic) bond motifs is 2. The first-order chi connectivity index (χ1) is 13.6. The van der Waals surface area contributed by atoms with E-state index >= 15 is 0 Å². The second-order valence-corrected chi connectivity index (χ2v) is 7.54. The number of pyridine rings is 2. The van der Waals surface area contributed by atoms with E-state index in [1.807, 2.05) is 42.0 Å². The van der Waals surface area contributed by atoms with Crippen LogP contribution >= 0.6 is 11.8 Å². The highest BCUT2D eigenvalue weighted by Gasteiger charge is 2.24. The molecule has 0 spiro atoms. The first-order valence-electron chi connectivity index (χ1n) is 8.91. The summed E-state index contributed by atoms with van der Waals surface area (Å²) in [6.45, 7) is 3.63. The van der Waals surface area contributed by atoms with Crippen molar-refractivity contribution in [3.05, 3.63) is 53.2 Å². The molecule has 0 bridgehead atoms. The Kier molecular flexibility index (Phi) is 4.99. The summed E-state index contributed by atoms with van der Waals surface area (Å²) in [5, 5.41) is 16.3. The second-order valence-electron chi connectivity index (χ2n) is 6.55. The minimum absolute atomic E-state index is 0.208. The number of amides is 1. The number of aryl methyl sites for hydroxylation is 2. The summed E-state index contributed by atoms with van der Waals surface area (Å²) >= 11 is 1.72. The molecule has 0 aliphatic carbocycles. The zero-order chi connectivity index (χ0) is 19.7. The predicted molar refractivity (Wildman–Crippen MR) is 107 cm³/mol. The summed E-state index contributed by atoms with van der Waals surface area (Å²) in [7, 11) is 0. The Morgan fingerprint density at radius 1 is 1.32 bits per heavy atom. The van der Waals surface area contributed by atoms with E-state index in [2.05, 4.69) is 25.7 Å². The molecule has 4 aromatic rings. The summed E-state index contributed by atoms with van der Waals surface area (Å²) in [5.74, 6) is 1.38. The second kappa shape index (κ2) is 7.59. The highest BCUT2D eigenvalue weighted by molar-refractivity contribution is 7.98. The van der Waals surface area contributed by atoms with Crippen LogP contribution in [0.5, 0.6) is 0 Å². The van der Waals surface area contributed by atoms with E-state index in [9.17, 15) is 4.79 Å². The minimum atomic E-state index is -0.277. The van der Waals surface area contributed by atoms with Crippen LogP contribution < -0.4 is 5.32 Å². The Balaban J connectivity index is 1.71. The zero-order valence-electron chi connectivity index (χ0n) is 15.8. The molecule has 0 fully saturated rings. The van der Waals surface area contributed by atoms with Crippen LogP contribution in [0.15, 0.2) is 35.0 Å². The fourth-order valence-corrected chi connectivity index (χ4v) is 3.70. The first kappa shape index (κ1) is 18.4. The highest BCUT2D eigenvalue weighted by Crippen LogP contribution is 2.24. The van der Waals surface area contributed by atoms with Gasteiger partial charge in [-0.25, -0.2) is 4.98 Å². The molecule has 0 unspecified atom stereocenters. The molecule has 1 atom stereocenters. The molecule has 28 heavy (non-hydrogen) atoms.